The Morgan fingerprint density at radius 2 is 1.35 bits per heavy atom. The number of aromatic nitrogens is 4. The predicted molar refractivity (Wildman–Crippen MR) is 138 cm³/mol. The molecule has 0 aliphatic carbocycles. The van der Waals surface area contributed by atoms with E-state index in [1.807, 2.05) is 36.5 Å². The third-order valence-electron chi connectivity index (χ3n) is 6.08. The number of nitrogens with one attached hydrogen (secondary N) is 1. The molecule has 34 heavy (non-hydrogen) atoms. The Morgan fingerprint density at radius 1 is 0.676 bits per heavy atom. The van der Waals surface area contributed by atoms with Gasteiger partial charge in [0.2, 0.25) is 0 Å². The molecule has 0 fully saturated rings. The first kappa shape index (κ1) is 20.1. The summed E-state index contributed by atoms with van der Waals surface area (Å²) in [6.45, 7) is 1.41. The molecule has 6 rings (SSSR count). The third-order valence-corrected chi connectivity index (χ3v) is 6.08. The van der Waals surface area contributed by atoms with E-state index in [4.69, 9.17) is 15.0 Å². The van der Waals surface area contributed by atoms with Gasteiger partial charge >= 0.3 is 0 Å². The molecule has 0 saturated heterocycles. The highest BCUT2D eigenvalue weighted by Crippen LogP contribution is 2.36. The standard InChI is InChI=1S/C29H23N5/c1-4-10-21(11-5-1)18-31-29-25-24(16-17-30-29)34(19-22-12-6-2-7-13-22)28-26(32-20-33-27(25)28)23-14-8-3-9-15-23/h1-17,20H,18-19H2,(H,30,31). The van der Waals surface area contributed by atoms with Crippen molar-refractivity contribution in [2.24, 2.45) is 0 Å². The van der Waals surface area contributed by atoms with Crippen LogP contribution in [0.3, 0.4) is 0 Å². The zero-order valence-electron chi connectivity index (χ0n) is 18.6. The van der Waals surface area contributed by atoms with E-state index in [1.165, 1.54) is 11.1 Å². The maximum atomic E-state index is 4.76. The van der Waals surface area contributed by atoms with Crippen molar-refractivity contribution in [3.05, 3.63) is 121 Å². The highest BCUT2D eigenvalue weighted by Gasteiger charge is 2.20. The quantitative estimate of drug-likeness (QED) is 0.329. The average molecular weight is 442 g/mol. The number of anilines is 1. The van der Waals surface area contributed by atoms with Crippen LogP contribution >= 0.6 is 0 Å². The average Bonchev–Trinajstić information content (AvgIpc) is 3.23. The number of hydrogen-bond acceptors (Lipinski definition) is 4. The van der Waals surface area contributed by atoms with Crippen LogP contribution in [0.4, 0.5) is 5.82 Å². The van der Waals surface area contributed by atoms with Crippen LogP contribution in [0.5, 0.6) is 0 Å². The Labute approximate surface area is 197 Å². The molecule has 5 heteroatoms. The summed E-state index contributed by atoms with van der Waals surface area (Å²) in [5.74, 6) is 0.830. The Morgan fingerprint density at radius 3 is 2.09 bits per heavy atom. The minimum atomic E-state index is 0.689. The van der Waals surface area contributed by atoms with E-state index < -0.39 is 0 Å². The monoisotopic (exact) mass is 441 g/mol. The van der Waals surface area contributed by atoms with Crippen LogP contribution in [0.15, 0.2) is 110 Å². The molecule has 0 radical (unpaired) electrons. The van der Waals surface area contributed by atoms with Crippen molar-refractivity contribution in [1.29, 1.82) is 0 Å². The number of fused-ring (bicyclic) bond motifs is 3. The molecular formula is C29H23N5. The molecule has 6 aromatic rings. The van der Waals surface area contributed by atoms with Crippen molar-refractivity contribution in [1.82, 2.24) is 19.5 Å². The Kier molecular flexibility index (Phi) is 5.20. The second kappa shape index (κ2) is 8.79. The second-order valence-electron chi connectivity index (χ2n) is 8.25. The van der Waals surface area contributed by atoms with Crippen LogP contribution in [0.1, 0.15) is 11.1 Å². The second-order valence-corrected chi connectivity index (χ2v) is 8.25. The summed E-state index contributed by atoms with van der Waals surface area (Å²) in [6, 6.07) is 33.2. The van der Waals surface area contributed by atoms with Crippen molar-refractivity contribution < 1.29 is 0 Å². The maximum absolute atomic E-state index is 4.76. The van der Waals surface area contributed by atoms with Crippen molar-refractivity contribution in [2.75, 3.05) is 5.32 Å². The largest absolute Gasteiger partial charge is 0.365 e. The molecule has 0 amide bonds. The summed E-state index contributed by atoms with van der Waals surface area (Å²) in [6.07, 6.45) is 3.52. The zero-order chi connectivity index (χ0) is 22.7. The van der Waals surface area contributed by atoms with Crippen molar-refractivity contribution in [2.45, 2.75) is 13.1 Å². The lowest BCUT2D eigenvalue weighted by Crippen LogP contribution is -2.03. The van der Waals surface area contributed by atoms with Gasteiger partial charge < -0.3 is 9.88 Å². The van der Waals surface area contributed by atoms with E-state index in [0.29, 0.717) is 6.54 Å². The first-order valence-electron chi connectivity index (χ1n) is 11.4. The molecule has 3 heterocycles. The fourth-order valence-corrected chi connectivity index (χ4v) is 4.50. The molecule has 1 N–H and O–H groups in total. The van der Waals surface area contributed by atoms with Gasteiger partial charge in [0.25, 0.3) is 0 Å². The first-order valence-corrected chi connectivity index (χ1v) is 11.4. The van der Waals surface area contributed by atoms with Crippen molar-refractivity contribution in [3.8, 4) is 11.3 Å². The van der Waals surface area contributed by atoms with E-state index in [2.05, 4.69) is 76.6 Å². The summed E-state index contributed by atoms with van der Waals surface area (Å²) in [7, 11) is 0. The van der Waals surface area contributed by atoms with Crippen LogP contribution in [0, 0.1) is 0 Å². The molecule has 0 atom stereocenters. The van der Waals surface area contributed by atoms with E-state index >= 15 is 0 Å². The number of nitrogens with zero attached hydrogens (tertiary/aromatic N) is 4. The summed E-state index contributed by atoms with van der Waals surface area (Å²) in [5.41, 5.74) is 7.42. The van der Waals surface area contributed by atoms with Gasteiger partial charge in [0.1, 0.15) is 17.7 Å². The van der Waals surface area contributed by atoms with Crippen molar-refractivity contribution >= 4 is 27.8 Å². The van der Waals surface area contributed by atoms with Gasteiger partial charge in [-0.2, -0.15) is 0 Å². The van der Waals surface area contributed by atoms with Crippen LogP contribution in [-0.2, 0) is 13.1 Å². The molecular weight excluding hydrogens is 418 g/mol. The van der Waals surface area contributed by atoms with E-state index in [1.54, 1.807) is 6.33 Å². The SMILES string of the molecule is c1ccc(CNc2nccc3c2c2ncnc(-c4ccccc4)c2n3Cc2ccccc2)cc1. The van der Waals surface area contributed by atoms with Crippen LogP contribution in [-0.4, -0.2) is 19.5 Å². The molecule has 0 bridgehead atoms. The molecule has 5 nitrogen and oxygen atoms in total. The molecule has 164 valence electrons. The van der Waals surface area contributed by atoms with Gasteiger partial charge in [-0.05, 0) is 17.2 Å². The predicted octanol–water partition coefficient (Wildman–Crippen LogP) is 6.31. The molecule has 3 aromatic carbocycles. The highest BCUT2D eigenvalue weighted by atomic mass is 15.1. The van der Waals surface area contributed by atoms with Gasteiger partial charge in [-0.15, -0.1) is 0 Å². The minimum Gasteiger partial charge on any atom is -0.365 e. The normalized spacial score (nSPS) is 11.2. The Balaban J connectivity index is 1.58. The van der Waals surface area contributed by atoms with E-state index in [9.17, 15) is 0 Å². The Bertz CT molecular complexity index is 1560. The van der Waals surface area contributed by atoms with Gasteiger partial charge in [0, 0.05) is 24.8 Å². The lowest BCUT2D eigenvalue weighted by atomic mass is 10.1. The third kappa shape index (κ3) is 3.67. The number of rotatable bonds is 6. The maximum Gasteiger partial charge on any atom is 0.137 e. The topological polar surface area (TPSA) is 55.6 Å². The van der Waals surface area contributed by atoms with E-state index in [0.717, 1.165) is 45.6 Å². The molecule has 3 aromatic heterocycles. The van der Waals surface area contributed by atoms with Gasteiger partial charge in [0.05, 0.1) is 22.1 Å². The molecule has 0 unspecified atom stereocenters. The molecule has 0 spiro atoms. The van der Waals surface area contributed by atoms with Crippen molar-refractivity contribution in [3.63, 3.8) is 0 Å². The summed E-state index contributed by atoms with van der Waals surface area (Å²) < 4.78 is 2.32. The summed E-state index contributed by atoms with van der Waals surface area (Å²) in [5, 5.41) is 4.57. The molecule has 0 aliphatic heterocycles. The van der Waals surface area contributed by atoms with Gasteiger partial charge in [-0.3, -0.25) is 0 Å². The van der Waals surface area contributed by atoms with Gasteiger partial charge in [-0.1, -0.05) is 91.0 Å². The first-order chi connectivity index (χ1) is 16.9. The molecule has 0 aliphatic rings. The fourth-order valence-electron chi connectivity index (χ4n) is 4.50. The highest BCUT2D eigenvalue weighted by molar-refractivity contribution is 6.14. The minimum absolute atomic E-state index is 0.689. The van der Waals surface area contributed by atoms with Gasteiger partial charge in [0.15, 0.2) is 0 Å². The Hall–Kier alpha value is -4.51. The number of pyridine rings is 1. The van der Waals surface area contributed by atoms with Gasteiger partial charge in [-0.25, -0.2) is 15.0 Å². The number of benzene rings is 3. The molecule has 0 saturated carbocycles. The number of hydrogen-bond donors (Lipinski definition) is 1. The lowest BCUT2D eigenvalue weighted by molar-refractivity contribution is 0.865. The zero-order valence-corrected chi connectivity index (χ0v) is 18.6. The smallest absolute Gasteiger partial charge is 0.137 e. The summed E-state index contributed by atoms with van der Waals surface area (Å²) >= 11 is 0. The lowest BCUT2D eigenvalue weighted by Gasteiger charge is -2.11. The van der Waals surface area contributed by atoms with Crippen LogP contribution < -0.4 is 5.32 Å². The van der Waals surface area contributed by atoms with E-state index in [-0.39, 0.29) is 0 Å². The fraction of sp³-hybridized carbons (Fsp3) is 0.0690. The summed E-state index contributed by atoms with van der Waals surface area (Å²) in [4.78, 5) is 14.2. The van der Waals surface area contributed by atoms with Crippen LogP contribution in [0.2, 0.25) is 0 Å². The van der Waals surface area contributed by atoms with Crippen LogP contribution in [0.25, 0.3) is 33.2 Å².